The first-order valence-corrected chi connectivity index (χ1v) is 10.1. The van der Waals surface area contributed by atoms with E-state index in [0.29, 0.717) is 12.6 Å². The van der Waals surface area contributed by atoms with Gasteiger partial charge >= 0.3 is 6.18 Å². The molecule has 156 valence electrons. The van der Waals surface area contributed by atoms with Crippen LogP contribution in [0, 0.1) is 5.92 Å². The average molecular weight is 398 g/mol. The Balaban J connectivity index is 1.40. The minimum absolute atomic E-state index is 0.00572. The fraction of sp³-hybridized carbons (Fsp3) is 0.700. The molecule has 8 heteroatoms. The molecule has 1 saturated carbocycles. The monoisotopic (exact) mass is 398 g/mol. The summed E-state index contributed by atoms with van der Waals surface area (Å²) in [5.74, 6) is 0.341. The minimum Gasteiger partial charge on any atom is -0.367 e. The number of amides is 1. The van der Waals surface area contributed by atoms with Crippen LogP contribution in [0.3, 0.4) is 0 Å². The van der Waals surface area contributed by atoms with Crippen LogP contribution in [0.5, 0.6) is 0 Å². The highest BCUT2D eigenvalue weighted by Gasteiger charge is 2.31. The zero-order valence-electron chi connectivity index (χ0n) is 16.3. The average Bonchev–Trinajstić information content (AvgIpc) is 3.07. The largest absolute Gasteiger partial charge is 0.416 e. The summed E-state index contributed by atoms with van der Waals surface area (Å²) in [5.41, 5.74) is -0.703. The molecule has 1 aromatic rings. The second-order valence-electron chi connectivity index (χ2n) is 7.98. The fourth-order valence-corrected chi connectivity index (χ4v) is 4.25. The van der Waals surface area contributed by atoms with E-state index in [2.05, 4.69) is 27.6 Å². The van der Waals surface area contributed by atoms with E-state index in [1.807, 2.05) is 0 Å². The number of nitrogens with zero attached hydrogens (tertiary/aromatic N) is 2. The molecule has 1 aromatic heterocycles. The lowest BCUT2D eigenvalue weighted by molar-refractivity contribution is -0.137. The number of likely N-dealkylation sites (tertiary alicyclic amines) is 1. The molecule has 1 aliphatic heterocycles. The highest BCUT2D eigenvalue weighted by atomic mass is 19.4. The van der Waals surface area contributed by atoms with Crippen molar-refractivity contribution < 1.29 is 18.0 Å². The number of carbonyl (C=O) groups excluding carboxylic acids is 1. The third-order valence-electron chi connectivity index (χ3n) is 5.99. The third-order valence-corrected chi connectivity index (χ3v) is 5.99. The summed E-state index contributed by atoms with van der Waals surface area (Å²) in [6.07, 6.45) is 3.20. The van der Waals surface area contributed by atoms with Crippen molar-refractivity contribution in [2.45, 2.75) is 63.2 Å². The molecule has 0 bridgehead atoms. The molecule has 2 aliphatic rings. The fourth-order valence-electron chi connectivity index (χ4n) is 4.25. The van der Waals surface area contributed by atoms with E-state index >= 15 is 0 Å². The number of hydrogen-bond donors (Lipinski definition) is 2. The van der Waals surface area contributed by atoms with Gasteiger partial charge in [0.2, 0.25) is 5.91 Å². The van der Waals surface area contributed by atoms with E-state index in [1.165, 1.54) is 19.0 Å². The first-order chi connectivity index (χ1) is 13.3. The molecule has 2 fully saturated rings. The maximum absolute atomic E-state index is 12.8. The number of pyridine rings is 1. The minimum atomic E-state index is -4.37. The first kappa shape index (κ1) is 20.9. The maximum atomic E-state index is 12.8. The van der Waals surface area contributed by atoms with Gasteiger partial charge in [-0.3, -0.25) is 4.79 Å². The number of hydrogen-bond acceptors (Lipinski definition) is 4. The summed E-state index contributed by atoms with van der Waals surface area (Å²) in [5, 5.41) is 6.15. The Hall–Kier alpha value is -1.83. The van der Waals surface area contributed by atoms with Crippen molar-refractivity contribution in [2.75, 3.05) is 25.5 Å². The Morgan fingerprint density at radius 3 is 2.64 bits per heavy atom. The number of alkyl halides is 3. The molecule has 1 amide bonds. The van der Waals surface area contributed by atoms with E-state index in [9.17, 15) is 18.0 Å². The molecule has 28 heavy (non-hydrogen) atoms. The summed E-state index contributed by atoms with van der Waals surface area (Å²) in [7, 11) is 2.13. The Kier molecular flexibility index (Phi) is 6.80. The van der Waals surface area contributed by atoms with Gasteiger partial charge in [0.15, 0.2) is 0 Å². The molecule has 1 atom stereocenters. The van der Waals surface area contributed by atoms with E-state index in [-0.39, 0.29) is 23.7 Å². The number of anilines is 1. The van der Waals surface area contributed by atoms with Crippen LogP contribution in [-0.2, 0) is 11.0 Å². The Bertz CT molecular complexity index is 659. The molecule has 1 unspecified atom stereocenters. The second-order valence-corrected chi connectivity index (χ2v) is 7.98. The molecule has 0 spiro atoms. The Morgan fingerprint density at radius 1 is 1.25 bits per heavy atom. The lowest BCUT2D eigenvalue weighted by Gasteiger charge is -2.29. The predicted molar refractivity (Wildman–Crippen MR) is 102 cm³/mol. The van der Waals surface area contributed by atoms with Gasteiger partial charge in [-0.05, 0) is 70.7 Å². The van der Waals surface area contributed by atoms with Crippen LogP contribution >= 0.6 is 0 Å². The molecule has 1 saturated heterocycles. The zero-order valence-corrected chi connectivity index (χ0v) is 16.3. The highest BCUT2D eigenvalue weighted by Crippen LogP contribution is 2.31. The number of rotatable bonds is 6. The molecule has 0 aromatic carbocycles. The number of carbonyl (C=O) groups is 1. The van der Waals surface area contributed by atoms with Crippen LogP contribution in [-0.4, -0.2) is 48.0 Å². The van der Waals surface area contributed by atoms with Crippen molar-refractivity contribution in [1.29, 1.82) is 0 Å². The van der Waals surface area contributed by atoms with Gasteiger partial charge in [-0.1, -0.05) is 0 Å². The standard InChI is InChI=1S/C20H29F3N4O/c1-27-12-2-3-17(27)9-11-25-19(28)14-4-6-16(7-5-14)26-18-13-15(8-10-24-18)20(21,22)23/h8,10,13-14,16-17H,2-7,9,11-12H2,1H3,(H,24,26)(H,25,28). The van der Waals surface area contributed by atoms with Gasteiger partial charge in [0, 0.05) is 30.7 Å². The van der Waals surface area contributed by atoms with Crippen molar-refractivity contribution in [3.05, 3.63) is 23.9 Å². The summed E-state index contributed by atoms with van der Waals surface area (Å²) < 4.78 is 38.4. The van der Waals surface area contributed by atoms with Crippen molar-refractivity contribution >= 4 is 11.7 Å². The van der Waals surface area contributed by atoms with Gasteiger partial charge in [0.05, 0.1) is 5.56 Å². The van der Waals surface area contributed by atoms with Crippen LogP contribution in [0.2, 0.25) is 0 Å². The van der Waals surface area contributed by atoms with Crippen molar-refractivity contribution in [2.24, 2.45) is 5.92 Å². The van der Waals surface area contributed by atoms with E-state index in [0.717, 1.165) is 50.8 Å². The first-order valence-electron chi connectivity index (χ1n) is 10.1. The molecular weight excluding hydrogens is 369 g/mol. The summed E-state index contributed by atoms with van der Waals surface area (Å²) in [6.45, 7) is 1.84. The Morgan fingerprint density at radius 2 is 2.00 bits per heavy atom. The quantitative estimate of drug-likeness (QED) is 0.768. The molecule has 0 radical (unpaired) electrons. The predicted octanol–water partition coefficient (Wildman–Crippen LogP) is 3.67. The summed E-state index contributed by atoms with van der Waals surface area (Å²) in [4.78, 5) is 18.7. The highest BCUT2D eigenvalue weighted by molar-refractivity contribution is 5.78. The third kappa shape index (κ3) is 5.59. The van der Waals surface area contributed by atoms with Gasteiger partial charge in [-0.25, -0.2) is 4.98 Å². The Labute approximate surface area is 164 Å². The molecule has 2 N–H and O–H groups in total. The van der Waals surface area contributed by atoms with E-state index in [1.54, 1.807) is 0 Å². The number of nitrogens with one attached hydrogen (secondary N) is 2. The van der Waals surface area contributed by atoms with Crippen LogP contribution in [0.4, 0.5) is 19.0 Å². The molecular formula is C20H29F3N4O. The smallest absolute Gasteiger partial charge is 0.367 e. The van der Waals surface area contributed by atoms with Crippen molar-refractivity contribution in [3.63, 3.8) is 0 Å². The van der Waals surface area contributed by atoms with Crippen LogP contribution in [0.15, 0.2) is 18.3 Å². The van der Waals surface area contributed by atoms with Gasteiger partial charge < -0.3 is 15.5 Å². The molecule has 1 aliphatic carbocycles. The van der Waals surface area contributed by atoms with Gasteiger partial charge in [0.25, 0.3) is 0 Å². The zero-order chi connectivity index (χ0) is 20.1. The van der Waals surface area contributed by atoms with Gasteiger partial charge in [-0.2, -0.15) is 13.2 Å². The lowest BCUT2D eigenvalue weighted by atomic mass is 9.85. The summed E-state index contributed by atoms with van der Waals surface area (Å²) >= 11 is 0. The molecule has 2 heterocycles. The van der Waals surface area contributed by atoms with Crippen LogP contribution < -0.4 is 10.6 Å². The number of halogens is 3. The normalized spacial score (nSPS) is 26.2. The van der Waals surface area contributed by atoms with E-state index in [4.69, 9.17) is 0 Å². The number of aromatic nitrogens is 1. The molecule has 3 rings (SSSR count). The lowest BCUT2D eigenvalue weighted by Crippen LogP contribution is -2.38. The second kappa shape index (κ2) is 9.11. The van der Waals surface area contributed by atoms with Crippen LogP contribution in [0.25, 0.3) is 0 Å². The van der Waals surface area contributed by atoms with Crippen molar-refractivity contribution in [3.8, 4) is 0 Å². The van der Waals surface area contributed by atoms with Crippen molar-refractivity contribution in [1.82, 2.24) is 15.2 Å². The molecule has 5 nitrogen and oxygen atoms in total. The van der Waals surface area contributed by atoms with E-state index < -0.39 is 11.7 Å². The topological polar surface area (TPSA) is 57.3 Å². The van der Waals surface area contributed by atoms with Gasteiger partial charge in [0.1, 0.15) is 5.82 Å². The van der Waals surface area contributed by atoms with Gasteiger partial charge in [-0.15, -0.1) is 0 Å². The summed E-state index contributed by atoms with van der Waals surface area (Å²) in [6, 6.07) is 2.63. The SMILES string of the molecule is CN1CCCC1CCNC(=O)C1CCC(Nc2cc(C(F)(F)F)ccn2)CC1. The van der Waals surface area contributed by atoms with Crippen LogP contribution in [0.1, 0.15) is 50.5 Å². The maximum Gasteiger partial charge on any atom is 0.416 e.